The van der Waals surface area contributed by atoms with Gasteiger partial charge in [-0.1, -0.05) is 0 Å². The summed E-state index contributed by atoms with van der Waals surface area (Å²) in [5.41, 5.74) is 3.34. The summed E-state index contributed by atoms with van der Waals surface area (Å²) in [5, 5.41) is 21.2. The Morgan fingerprint density at radius 2 is 2.10 bits per heavy atom. The van der Waals surface area contributed by atoms with E-state index in [1.54, 1.807) is 11.3 Å². The van der Waals surface area contributed by atoms with Gasteiger partial charge in [0.05, 0.1) is 22.0 Å². The molecule has 0 spiro atoms. The van der Waals surface area contributed by atoms with Gasteiger partial charge in [0, 0.05) is 25.5 Å². The van der Waals surface area contributed by atoms with Crippen LogP contribution < -0.4 is 10.6 Å². The molecule has 3 aromatic rings. The molecule has 0 atom stereocenters. The van der Waals surface area contributed by atoms with E-state index in [9.17, 15) is 0 Å². The molecule has 0 aromatic carbocycles. The van der Waals surface area contributed by atoms with Gasteiger partial charge in [-0.05, 0) is 19.4 Å². The second-order valence-corrected chi connectivity index (χ2v) is 6.34. The van der Waals surface area contributed by atoms with Gasteiger partial charge in [-0.25, -0.2) is 0 Å². The molecule has 7 heteroatoms. The third kappa shape index (κ3) is 1.56. The largest absolute Gasteiger partial charge is 0.362 e. The average Bonchev–Trinajstić information content (AvgIpc) is 2.88. The summed E-state index contributed by atoms with van der Waals surface area (Å²) in [6.07, 6.45) is 0. The number of aromatic nitrogens is 4. The highest BCUT2D eigenvalue weighted by Gasteiger charge is 2.22. The first-order valence-corrected chi connectivity index (χ1v) is 7.53. The van der Waals surface area contributed by atoms with Crippen LogP contribution >= 0.6 is 11.3 Å². The van der Waals surface area contributed by atoms with Gasteiger partial charge in [-0.2, -0.15) is 10.2 Å². The van der Waals surface area contributed by atoms with Crippen LogP contribution in [0.5, 0.6) is 0 Å². The lowest BCUT2D eigenvalue weighted by molar-refractivity contribution is 0.471. The normalized spacial score (nSPS) is 15.9. The smallest absolute Gasteiger partial charge is 0.166 e. The minimum Gasteiger partial charge on any atom is -0.362 e. The zero-order chi connectivity index (χ0) is 13.9. The second kappa shape index (κ2) is 4.13. The molecular formula is C13H16N6S. The molecule has 3 aromatic heterocycles. The molecule has 1 saturated heterocycles. The quantitative estimate of drug-likeness (QED) is 0.749. The highest BCUT2D eigenvalue weighted by Crippen LogP contribution is 2.38. The first-order chi connectivity index (χ1) is 9.65. The number of aryl methyl sites for hydroxylation is 3. The van der Waals surface area contributed by atoms with Crippen molar-refractivity contribution in [3.8, 4) is 0 Å². The molecule has 1 aliphatic heterocycles. The molecule has 6 nitrogen and oxygen atoms in total. The number of nitrogens with zero attached hydrogens (tertiary/aromatic N) is 4. The molecule has 4 rings (SSSR count). The summed E-state index contributed by atoms with van der Waals surface area (Å²) >= 11 is 1.67. The Bertz CT molecular complexity index is 813. The fraction of sp³-hybridized carbons (Fsp3) is 0.462. The predicted octanol–water partition coefficient (Wildman–Crippen LogP) is 1.58. The van der Waals surface area contributed by atoms with Crippen LogP contribution in [0.1, 0.15) is 11.3 Å². The second-order valence-electron chi connectivity index (χ2n) is 5.34. The topological polar surface area (TPSA) is 67.7 Å². The van der Waals surface area contributed by atoms with Gasteiger partial charge in [0.25, 0.3) is 0 Å². The van der Waals surface area contributed by atoms with E-state index in [-0.39, 0.29) is 0 Å². The molecule has 20 heavy (non-hydrogen) atoms. The van der Waals surface area contributed by atoms with Crippen molar-refractivity contribution < 1.29 is 0 Å². The van der Waals surface area contributed by atoms with Crippen LogP contribution in [0.2, 0.25) is 0 Å². The van der Waals surface area contributed by atoms with E-state index in [4.69, 9.17) is 0 Å². The maximum atomic E-state index is 4.63. The number of anilines is 1. The maximum Gasteiger partial charge on any atom is 0.166 e. The fourth-order valence-corrected chi connectivity index (χ4v) is 3.74. The Kier molecular flexibility index (Phi) is 2.49. The summed E-state index contributed by atoms with van der Waals surface area (Å²) in [7, 11) is 1.99. The number of rotatable bonds is 2. The average molecular weight is 288 g/mol. The van der Waals surface area contributed by atoms with Crippen LogP contribution in [-0.4, -0.2) is 39.1 Å². The molecule has 4 heterocycles. The van der Waals surface area contributed by atoms with Gasteiger partial charge in [0.2, 0.25) is 0 Å². The standard InChI is InChI=1S/C13H16N6S/c1-6-7(2)16-17-13-9(6)10-11(20-13)12(18-19(10)3)15-8-4-14-5-8/h8,14H,4-5H2,1-3H3,(H,15,18). The van der Waals surface area contributed by atoms with E-state index in [1.165, 1.54) is 15.6 Å². The van der Waals surface area contributed by atoms with Crippen LogP contribution in [-0.2, 0) is 7.05 Å². The molecule has 0 aliphatic carbocycles. The Balaban J connectivity index is 1.97. The third-order valence-corrected chi connectivity index (χ3v) is 5.05. The monoisotopic (exact) mass is 288 g/mol. The molecular weight excluding hydrogens is 272 g/mol. The van der Waals surface area contributed by atoms with Crippen molar-refractivity contribution in [2.24, 2.45) is 7.05 Å². The fourth-order valence-electron chi connectivity index (χ4n) is 2.59. The zero-order valence-electron chi connectivity index (χ0n) is 11.7. The Labute approximate surface area is 120 Å². The highest BCUT2D eigenvalue weighted by atomic mass is 32.1. The zero-order valence-corrected chi connectivity index (χ0v) is 12.5. The van der Waals surface area contributed by atoms with Crippen LogP contribution in [0.3, 0.4) is 0 Å². The van der Waals surface area contributed by atoms with Crippen molar-refractivity contribution >= 4 is 37.6 Å². The number of hydrogen-bond donors (Lipinski definition) is 2. The van der Waals surface area contributed by atoms with Gasteiger partial charge >= 0.3 is 0 Å². The van der Waals surface area contributed by atoms with Gasteiger partial charge in [-0.15, -0.1) is 16.4 Å². The number of nitrogens with one attached hydrogen (secondary N) is 2. The first kappa shape index (κ1) is 12.0. The lowest BCUT2D eigenvalue weighted by Gasteiger charge is -2.27. The Hall–Kier alpha value is -1.73. The van der Waals surface area contributed by atoms with E-state index in [2.05, 4.69) is 32.9 Å². The summed E-state index contributed by atoms with van der Waals surface area (Å²) in [6.45, 7) is 6.11. The maximum absolute atomic E-state index is 4.63. The SMILES string of the molecule is Cc1nnc2sc3c(NC4CNC4)nn(C)c3c2c1C. The predicted molar refractivity (Wildman–Crippen MR) is 81.4 cm³/mol. The van der Waals surface area contributed by atoms with Crippen LogP contribution in [0.15, 0.2) is 0 Å². The Morgan fingerprint density at radius 3 is 2.80 bits per heavy atom. The van der Waals surface area contributed by atoms with E-state index < -0.39 is 0 Å². The summed E-state index contributed by atoms with van der Waals surface area (Å²) in [6, 6.07) is 0.479. The van der Waals surface area contributed by atoms with E-state index >= 15 is 0 Å². The number of hydrogen-bond acceptors (Lipinski definition) is 6. The number of fused-ring (bicyclic) bond motifs is 3. The minimum atomic E-state index is 0.479. The summed E-state index contributed by atoms with van der Waals surface area (Å²) < 4.78 is 3.13. The van der Waals surface area contributed by atoms with Crippen LogP contribution in [0.25, 0.3) is 20.4 Å². The lowest BCUT2D eigenvalue weighted by atomic mass is 10.1. The van der Waals surface area contributed by atoms with Gasteiger partial charge < -0.3 is 10.6 Å². The molecule has 1 aliphatic rings. The molecule has 0 bridgehead atoms. The molecule has 0 unspecified atom stereocenters. The third-order valence-electron chi connectivity index (χ3n) is 3.98. The van der Waals surface area contributed by atoms with Crippen LogP contribution in [0, 0.1) is 13.8 Å². The summed E-state index contributed by atoms with van der Waals surface area (Å²) in [5.74, 6) is 0.967. The van der Waals surface area contributed by atoms with E-state index in [1.807, 2.05) is 18.7 Å². The molecule has 0 radical (unpaired) electrons. The molecule has 0 saturated carbocycles. The molecule has 0 amide bonds. The van der Waals surface area contributed by atoms with Crippen molar-refractivity contribution in [3.05, 3.63) is 11.3 Å². The molecule has 104 valence electrons. The van der Waals surface area contributed by atoms with Crippen molar-refractivity contribution in [1.29, 1.82) is 0 Å². The van der Waals surface area contributed by atoms with Crippen molar-refractivity contribution in [2.75, 3.05) is 18.4 Å². The van der Waals surface area contributed by atoms with E-state index in [0.717, 1.165) is 34.9 Å². The van der Waals surface area contributed by atoms with Crippen molar-refractivity contribution in [3.63, 3.8) is 0 Å². The Morgan fingerprint density at radius 1 is 1.30 bits per heavy atom. The highest BCUT2D eigenvalue weighted by molar-refractivity contribution is 7.26. The van der Waals surface area contributed by atoms with Gasteiger partial charge in [0.1, 0.15) is 4.83 Å². The first-order valence-electron chi connectivity index (χ1n) is 6.71. The summed E-state index contributed by atoms with van der Waals surface area (Å²) in [4.78, 5) is 0.992. The van der Waals surface area contributed by atoms with Crippen molar-refractivity contribution in [1.82, 2.24) is 25.3 Å². The number of thiophene rings is 1. The lowest BCUT2D eigenvalue weighted by Crippen LogP contribution is -2.51. The van der Waals surface area contributed by atoms with Gasteiger partial charge in [0.15, 0.2) is 5.82 Å². The van der Waals surface area contributed by atoms with Crippen molar-refractivity contribution in [2.45, 2.75) is 19.9 Å². The van der Waals surface area contributed by atoms with E-state index in [0.29, 0.717) is 6.04 Å². The molecule has 2 N–H and O–H groups in total. The van der Waals surface area contributed by atoms with Gasteiger partial charge in [-0.3, -0.25) is 4.68 Å². The van der Waals surface area contributed by atoms with Crippen LogP contribution in [0.4, 0.5) is 5.82 Å². The minimum absolute atomic E-state index is 0.479. The molecule has 1 fully saturated rings.